The van der Waals surface area contributed by atoms with E-state index >= 15 is 0 Å². The average Bonchev–Trinajstić information content (AvgIpc) is 2.28. The van der Waals surface area contributed by atoms with Crippen LogP contribution in [0.4, 0.5) is 0 Å². The van der Waals surface area contributed by atoms with Crippen LogP contribution in [-0.4, -0.2) is 20.9 Å². The first-order valence-electron chi connectivity index (χ1n) is 3.68. The van der Waals surface area contributed by atoms with Gasteiger partial charge in [0.25, 0.3) is 0 Å². The average molecular weight is 197 g/mol. The maximum atomic E-state index is 5.59. The highest BCUT2D eigenvalue weighted by atomic mass is 32.1. The molecular weight excluding hydrogens is 186 g/mol. The molecule has 0 radical (unpaired) electrons. The van der Waals surface area contributed by atoms with Crippen LogP contribution in [0, 0.1) is 13.8 Å². The molecule has 0 aliphatic carbocycles. The van der Waals surface area contributed by atoms with E-state index < -0.39 is 0 Å². The van der Waals surface area contributed by atoms with E-state index in [1.807, 2.05) is 19.9 Å². The summed E-state index contributed by atoms with van der Waals surface area (Å²) >= 11 is 4.59. The fourth-order valence-electron chi connectivity index (χ4n) is 1.02. The van der Waals surface area contributed by atoms with Gasteiger partial charge in [0.15, 0.2) is 5.11 Å². The minimum absolute atomic E-state index is 0.00468. The third-order valence-corrected chi connectivity index (χ3v) is 1.54. The second kappa shape index (κ2) is 3.53. The van der Waals surface area contributed by atoms with Crippen molar-refractivity contribution >= 4 is 23.3 Å². The van der Waals surface area contributed by atoms with E-state index in [-0.39, 0.29) is 11.1 Å². The van der Waals surface area contributed by atoms with E-state index in [0.29, 0.717) is 0 Å². The van der Waals surface area contributed by atoms with Crippen molar-refractivity contribution in [3.8, 4) is 0 Å². The lowest BCUT2D eigenvalue weighted by Gasteiger charge is -2.01. The second-order valence-corrected chi connectivity index (χ2v) is 3.07. The number of hydrogen-bond donors (Lipinski definition) is 2. The summed E-state index contributed by atoms with van der Waals surface area (Å²) in [6, 6.07) is 1.89. The van der Waals surface area contributed by atoms with Crippen LogP contribution in [0.3, 0.4) is 0 Å². The standard InChI is InChI=1S/C7H11N5S/c1-4-3-5(2)12(11-4)6(8)10-7(9)13/h3H,1-2H3,(H4,8,9,10,13). The number of aryl methyl sites for hydroxylation is 2. The van der Waals surface area contributed by atoms with Crippen LogP contribution in [0.5, 0.6) is 0 Å². The first-order chi connectivity index (χ1) is 6.00. The zero-order chi connectivity index (χ0) is 10.0. The summed E-state index contributed by atoms with van der Waals surface area (Å²) in [5, 5.41) is 4.11. The number of nitrogens with zero attached hydrogens (tertiary/aromatic N) is 3. The molecule has 13 heavy (non-hydrogen) atoms. The topological polar surface area (TPSA) is 82.2 Å². The van der Waals surface area contributed by atoms with Crippen molar-refractivity contribution in [1.29, 1.82) is 0 Å². The summed E-state index contributed by atoms with van der Waals surface area (Å²) in [6.07, 6.45) is 0. The van der Waals surface area contributed by atoms with Crippen LogP contribution in [0.15, 0.2) is 11.1 Å². The Morgan fingerprint density at radius 1 is 1.54 bits per heavy atom. The van der Waals surface area contributed by atoms with Crippen molar-refractivity contribution in [2.45, 2.75) is 13.8 Å². The lowest BCUT2D eigenvalue weighted by molar-refractivity contribution is 0.871. The first-order valence-corrected chi connectivity index (χ1v) is 4.09. The molecule has 6 heteroatoms. The molecule has 0 spiro atoms. The number of aliphatic imine (C=N–C) groups is 1. The predicted octanol–water partition coefficient (Wildman–Crippen LogP) is -0.0937. The molecule has 0 amide bonds. The van der Waals surface area contributed by atoms with Gasteiger partial charge in [-0.2, -0.15) is 10.1 Å². The quantitative estimate of drug-likeness (QED) is 0.346. The summed E-state index contributed by atoms with van der Waals surface area (Å²) in [5.74, 6) is 0.193. The van der Waals surface area contributed by atoms with Gasteiger partial charge in [0.1, 0.15) is 0 Å². The van der Waals surface area contributed by atoms with Crippen molar-refractivity contribution in [1.82, 2.24) is 9.78 Å². The molecule has 0 fully saturated rings. The van der Waals surface area contributed by atoms with E-state index in [1.54, 1.807) is 0 Å². The second-order valence-electron chi connectivity index (χ2n) is 2.65. The van der Waals surface area contributed by atoms with E-state index in [9.17, 15) is 0 Å². The highest BCUT2D eigenvalue weighted by Crippen LogP contribution is 1.99. The number of thiocarbonyl (C=S) groups is 1. The van der Waals surface area contributed by atoms with Crippen molar-refractivity contribution in [3.63, 3.8) is 0 Å². The Morgan fingerprint density at radius 2 is 2.15 bits per heavy atom. The number of nitrogens with two attached hydrogens (primary N) is 2. The maximum Gasteiger partial charge on any atom is 0.224 e. The molecule has 5 nitrogen and oxygen atoms in total. The Balaban J connectivity index is 3.08. The lowest BCUT2D eigenvalue weighted by atomic mass is 10.4. The largest absolute Gasteiger partial charge is 0.374 e. The van der Waals surface area contributed by atoms with E-state index in [1.165, 1.54) is 4.68 Å². The SMILES string of the molecule is Cc1cc(C)n(C(N)=NC(N)=S)n1. The monoisotopic (exact) mass is 197 g/mol. The molecule has 0 aliphatic rings. The van der Waals surface area contributed by atoms with Gasteiger partial charge in [-0.05, 0) is 32.1 Å². The minimum atomic E-state index is 0.00468. The number of aromatic nitrogens is 2. The molecule has 70 valence electrons. The normalized spacial score (nSPS) is 11.7. The molecule has 0 saturated carbocycles. The minimum Gasteiger partial charge on any atom is -0.374 e. The van der Waals surface area contributed by atoms with Gasteiger partial charge in [0.2, 0.25) is 5.96 Å². The maximum absolute atomic E-state index is 5.59. The van der Waals surface area contributed by atoms with Crippen LogP contribution in [0.2, 0.25) is 0 Å². The zero-order valence-corrected chi connectivity index (χ0v) is 8.30. The van der Waals surface area contributed by atoms with Gasteiger partial charge in [-0.15, -0.1) is 0 Å². The summed E-state index contributed by atoms with van der Waals surface area (Å²) in [7, 11) is 0. The molecule has 4 N–H and O–H groups in total. The van der Waals surface area contributed by atoms with Crippen molar-refractivity contribution in [2.75, 3.05) is 0 Å². The van der Waals surface area contributed by atoms with Gasteiger partial charge in [-0.25, -0.2) is 4.68 Å². The predicted molar refractivity (Wildman–Crippen MR) is 55.5 cm³/mol. The molecule has 0 aliphatic heterocycles. The molecule has 0 bridgehead atoms. The Morgan fingerprint density at radius 3 is 2.54 bits per heavy atom. The van der Waals surface area contributed by atoms with Crippen LogP contribution >= 0.6 is 12.2 Å². The molecule has 1 heterocycles. The smallest absolute Gasteiger partial charge is 0.224 e. The van der Waals surface area contributed by atoms with Crippen molar-refractivity contribution in [2.24, 2.45) is 16.5 Å². The van der Waals surface area contributed by atoms with Crippen LogP contribution < -0.4 is 11.5 Å². The van der Waals surface area contributed by atoms with Crippen molar-refractivity contribution < 1.29 is 0 Å². The van der Waals surface area contributed by atoms with Gasteiger partial charge in [-0.3, -0.25) is 0 Å². The third-order valence-electron chi connectivity index (χ3n) is 1.45. The van der Waals surface area contributed by atoms with Gasteiger partial charge in [0, 0.05) is 5.69 Å². The Hall–Kier alpha value is -1.43. The summed E-state index contributed by atoms with van der Waals surface area (Å²) < 4.78 is 1.49. The van der Waals surface area contributed by atoms with Crippen LogP contribution in [0.1, 0.15) is 11.4 Å². The third kappa shape index (κ3) is 2.25. The molecular formula is C7H11N5S. The summed E-state index contributed by atoms with van der Waals surface area (Å²) in [5.41, 5.74) is 12.6. The number of rotatable bonds is 0. The van der Waals surface area contributed by atoms with Gasteiger partial charge < -0.3 is 11.5 Å². The Labute approximate surface area is 81.4 Å². The molecule has 0 atom stereocenters. The van der Waals surface area contributed by atoms with Gasteiger partial charge in [0.05, 0.1) is 5.69 Å². The molecule has 0 aromatic carbocycles. The molecule has 0 saturated heterocycles. The lowest BCUT2D eigenvalue weighted by Crippen LogP contribution is -2.27. The summed E-state index contributed by atoms with van der Waals surface area (Å²) in [6.45, 7) is 3.75. The fourth-order valence-corrected chi connectivity index (χ4v) is 1.11. The van der Waals surface area contributed by atoms with E-state index in [2.05, 4.69) is 22.3 Å². The Bertz CT molecular complexity index is 365. The van der Waals surface area contributed by atoms with Gasteiger partial charge in [-0.1, -0.05) is 0 Å². The molecule has 1 rings (SSSR count). The molecule has 1 aromatic rings. The zero-order valence-electron chi connectivity index (χ0n) is 7.48. The fraction of sp³-hybridized carbons (Fsp3) is 0.286. The van der Waals surface area contributed by atoms with Crippen LogP contribution in [0.25, 0.3) is 0 Å². The first kappa shape index (κ1) is 9.66. The highest BCUT2D eigenvalue weighted by Gasteiger charge is 2.03. The number of hydrogen-bond acceptors (Lipinski definition) is 2. The van der Waals surface area contributed by atoms with E-state index in [4.69, 9.17) is 11.5 Å². The molecule has 1 aromatic heterocycles. The highest BCUT2D eigenvalue weighted by molar-refractivity contribution is 7.80. The van der Waals surface area contributed by atoms with Crippen molar-refractivity contribution in [3.05, 3.63) is 17.5 Å². The Kier molecular flexibility index (Phi) is 2.62. The van der Waals surface area contributed by atoms with Gasteiger partial charge >= 0.3 is 0 Å². The van der Waals surface area contributed by atoms with Crippen LogP contribution in [-0.2, 0) is 0 Å². The summed E-state index contributed by atoms with van der Waals surface area (Å²) in [4.78, 5) is 3.73. The molecule has 0 unspecified atom stereocenters. The van der Waals surface area contributed by atoms with E-state index in [0.717, 1.165) is 11.4 Å².